The lowest BCUT2D eigenvalue weighted by Gasteiger charge is -2.22. The van der Waals surface area contributed by atoms with Gasteiger partial charge in [0.15, 0.2) is 0 Å². The molecule has 0 atom stereocenters. The van der Waals surface area contributed by atoms with E-state index in [2.05, 4.69) is 5.32 Å². The minimum atomic E-state index is -0.133. The van der Waals surface area contributed by atoms with Crippen LogP contribution in [-0.2, 0) is 10.5 Å². The highest BCUT2D eigenvalue weighted by atomic mass is 35.5. The predicted octanol–water partition coefficient (Wildman–Crippen LogP) is 5.88. The van der Waals surface area contributed by atoms with Crippen molar-refractivity contribution < 1.29 is 9.59 Å². The van der Waals surface area contributed by atoms with Crippen molar-refractivity contribution in [1.29, 1.82) is 0 Å². The van der Waals surface area contributed by atoms with Crippen LogP contribution in [0.1, 0.15) is 41.6 Å². The van der Waals surface area contributed by atoms with Crippen molar-refractivity contribution in [3.8, 4) is 0 Å². The van der Waals surface area contributed by atoms with E-state index in [1.54, 1.807) is 18.2 Å². The van der Waals surface area contributed by atoms with Crippen LogP contribution >= 0.6 is 35.0 Å². The fraction of sp³-hybridized carbons (Fsp3) is 0.364. The van der Waals surface area contributed by atoms with Crippen molar-refractivity contribution in [1.82, 2.24) is 4.90 Å². The maximum absolute atomic E-state index is 13.0. The van der Waals surface area contributed by atoms with E-state index in [1.807, 2.05) is 29.2 Å². The molecule has 2 amide bonds. The molecule has 2 aromatic rings. The first-order chi connectivity index (χ1) is 14.0. The van der Waals surface area contributed by atoms with Crippen LogP contribution in [-0.4, -0.2) is 35.6 Å². The summed E-state index contributed by atoms with van der Waals surface area (Å²) in [5, 5.41) is 3.93. The number of carbonyl (C=O) groups is 2. The Hall–Kier alpha value is -1.69. The fourth-order valence-electron chi connectivity index (χ4n) is 3.30. The number of amides is 2. The number of carbonyl (C=O) groups excluding carboxylic acids is 2. The number of halogens is 2. The van der Waals surface area contributed by atoms with Gasteiger partial charge in [-0.3, -0.25) is 9.59 Å². The number of hydrogen-bond donors (Lipinski definition) is 1. The Balaban J connectivity index is 1.57. The van der Waals surface area contributed by atoms with Crippen molar-refractivity contribution in [2.45, 2.75) is 31.4 Å². The molecular weight excluding hydrogens is 427 g/mol. The van der Waals surface area contributed by atoms with Crippen LogP contribution in [0.15, 0.2) is 42.5 Å². The maximum atomic E-state index is 13.0. The summed E-state index contributed by atoms with van der Waals surface area (Å²) in [7, 11) is 0. The summed E-state index contributed by atoms with van der Waals surface area (Å²) in [5.74, 6) is 0.794. The Labute approximate surface area is 185 Å². The van der Waals surface area contributed by atoms with Gasteiger partial charge < -0.3 is 10.2 Å². The predicted molar refractivity (Wildman–Crippen MR) is 122 cm³/mol. The minimum Gasteiger partial charge on any atom is -0.339 e. The molecule has 2 aromatic carbocycles. The number of thioether (sulfide) groups is 1. The van der Waals surface area contributed by atoms with Gasteiger partial charge in [-0.2, -0.15) is 0 Å². The smallest absolute Gasteiger partial charge is 0.255 e. The summed E-state index contributed by atoms with van der Waals surface area (Å²) < 4.78 is 0. The van der Waals surface area contributed by atoms with Gasteiger partial charge >= 0.3 is 0 Å². The van der Waals surface area contributed by atoms with Gasteiger partial charge in [0.1, 0.15) is 0 Å². The van der Waals surface area contributed by atoms with Gasteiger partial charge in [-0.1, -0.05) is 54.2 Å². The summed E-state index contributed by atoms with van der Waals surface area (Å²) in [6.45, 7) is 1.56. The lowest BCUT2D eigenvalue weighted by atomic mass is 10.1. The molecule has 0 radical (unpaired) electrons. The van der Waals surface area contributed by atoms with E-state index in [-0.39, 0.29) is 17.6 Å². The zero-order valence-electron chi connectivity index (χ0n) is 16.1. The van der Waals surface area contributed by atoms with Gasteiger partial charge in [0.05, 0.1) is 27.0 Å². The summed E-state index contributed by atoms with van der Waals surface area (Å²) >= 11 is 13.4. The molecule has 3 rings (SSSR count). The monoisotopic (exact) mass is 450 g/mol. The second kappa shape index (κ2) is 10.9. The Kier molecular flexibility index (Phi) is 8.28. The SMILES string of the molecule is O=C(CSCc1ccc(Cl)c(Cl)c1)Nc1ccccc1C(=O)N1CCCCCC1. The Morgan fingerprint density at radius 2 is 1.69 bits per heavy atom. The van der Waals surface area contributed by atoms with Gasteiger partial charge in [0.2, 0.25) is 5.91 Å². The number of benzene rings is 2. The highest BCUT2D eigenvalue weighted by molar-refractivity contribution is 7.99. The van der Waals surface area contributed by atoms with Crippen LogP contribution in [0.25, 0.3) is 0 Å². The molecule has 1 saturated heterocycles. The first-order valence-electron chi connectivity index (χ1n) is 9.74. The minimum absolute atomic E-state index is 0.00809. The summed E-state index contributed by atoms with van der Waals surface area (Å²) in [5.41, 5.74) is 2.13. The van der Waals surface area contributed by atoms with Gasteiger partial charge in [0, 0.05) is 18.8 Å². The molecule has 154 valence electrons. The number of anilines is 1. The van der Waals surface area contributed by atoms with Crippen LogP contribution in [0, 0.1) is 0 Å². The first-order valence-corrected chi connectivity index (χ1v) is 11.7. The van der Waals surface area contributed by atoms with E-state index in [0.29, 0.717) is 27.0 Å². The molecule has 1 N–H and O–H groups in total. The van der Waals surface area contributed by atoms with Crippen LogP contribution < -0.4 is 5.32 Å². The van der Waals surface area contributed by atoms with E-state index in [0.717, 1.165) is 44.3 Å². The standard InChI is InChI=1S/C22H24Cl2N2O2S/c23-18-10-9-16(13-19(18)24)14-29-15-21(27)25-20-8-4-3-7-17(20)22(28)26-11-5-1-2-6-12-26/h3-4,7-10,13H,1-2,5-6,11-12,14-15H2,(H,25,27). The van der Waals surface area contributed by atoms with E-state index in [9.17, 15) is 9.59 Å². The lowest BCUT2D eigenvalue weighted by Crippen LogP contribution is -2.32. The van der Waals surface area contributed by atoms with Gasteiger partial charge in [-0.25, -0.2) is 0 Å². The van der Waals surface area contributed by atoms with Crippen molar-refractivity contribution in [2.24, 2.45) is 0 Å². The second-order valence-corrected chi connectivity index (χ2v) is 8.84. The molecule has 0 spiro atoms. The third-order valence-electron chi connectivity index (χ3n) is 4.81. The summed E-state index contributed by atoms with van der Waals surface area (Å²) in [4.78, 5) is 27.3. The highest BCUT2D eigenvalue weighted by Gasteiger charge is 2.20. The van der Waals surface area contributed by atoms with Crippen LogP contribution in [0.3, 0.4) is 0 Å². The zero-order valence-corrected chi connectivity index (χ0v) is 18.5. The molecule has 4 nitrogen and oxygen atoms in total. The Morgan fingerprint density at radius 3 is 2.41 bits per heavy atom. The number of likely N-dealkylation sites (tertiary alicyclic amines) is 1. The zero-order chi connectivity index (χ0) is 20.6. The molecule has 0 aromatic heterocycles. The topological polar surface area (TPSA) is 49.4 Å². The normalized spacial score (nSPS) is 14.3. The molecule has 7 heteroatoms. The molecule has 1 aliphatic rings. The van der Waals surface area contributed by atoms with Gasteiger partial charge in [-0.05, 0) is 42.7 Å². The molecule has 29 heavy (non-hydrogen) atoms. The largest absolute Gasteiger partial charge is 0.339 e. The van der Waals surface area contributed by atoms with Gasteiger partial charge in [-0.15, -0.1) is 11.8 Å². The van der Waals surface area contributed by atoms with Crippen molar-refractivity contribution in [3.05, 3.63) is 63.6 Å². The van der Waals surface area contributed by atoms with E-state index < -0.39 is 0 Å². The van der Waals surface area contributed by atoms with Gasteiger partial charge in [0.25, 0.3) is 5.91 Å². The first kappa shape index (κ1) is 22.0. The number of para-hydroxylation sites is 1. The molecule has 0 saturated carbocycles. The molecular formula is C22H24Cl2N2O2S. The Morgan fingerprint density at radius 1 is 0.966 bits per heavy atom. The molecule has 1 aliphatic heterocycles. The summed E-state index contributed by atoms with van der Waals surface area (Å²) in [6.07, 6.45) is 4.40. The molecule has 0 aliphatic carbocycles. The fourth-order valence-corrected chi connectivity index (χ4v) is 4.40. The van der Waals surface area contributed by atoms with Crippen molar-refractivity contribution in [2.75, 3.05) is 24.2 Å². The van der Waals surface area contributed by atoms with Crippen LogP contribution in [0.5, 0.6) is 0 Å². The van der Waals surface area contributed by atoms with E-state index in [4.69, 9.17) is 23.2 Å². The second-order valence-electron chi connectivity index (χ2n) is 7.04. The number of rotatable bonds is 6. The molecule has 1 fully saturated rings. The lowest BCUT2D eigenvalue weighted by molar-refractivity contribution is -0.113. The Bertz CT molecular complexity index is 868. The van der Waals surface area contributed by atoms with Crippen molar-refractivity contribution >= 4 is 52.5 Å². The van der Waals surface area contributed by atoms with Crippen LogP contribution in [0.2, 0.25) is 10.0 Å². The third-order valence-corrected chi connectivity index (χ3v) is 6.55. The van der Waals surface area contributed by atoms with E-state index >= 15 is 0 Å². The quantitative estimate of drug-likeness (QED) is 0.597. The highest BCUT2D eigenvalue weighted by Crippen LogP contribution is 2.25. The molecule has 1 heterocycles. The van der Waals surface area contributed by atoms with Crippen molar-refractivity contribution in [3.63, 3.8) is 0 Å². The average Bonchev–Trinajstić information content (AvgIpc) is 3.00. The maximum Gasteiger partial charge on any atom is 0.255 e. The third kappa shape index (κ3) is 6.39. The van der Waals surface area contributed by atoms with Crippen LogP contribution in [0.4, 0.5) is 5.69 Å². The molecule has 0 bridgehead atoms. The molecule has 0 unspecified atom stereocenters. The summed E-state index contributed by atoms with van der Waals surface area (Å²) in [6, 6.07) is 12.7. The van der Waals surface area contributed by atoms with E-state index in [1.165, 1.54) is 11.8 Å². The number of nitrogens with one attached hydrogen (secondary N) is 1. The number of hydrogen-bond acceptors (Lipinski definition) is 3. The number of nitrogens with zero attached hydrogens (tertiary/aromatic N) is 1. The average molecular weight is 451 g/mol.